The third-order valence-corrected chi connectivity index (χ3v) is 12.8. The van der Waals surface area contributed by atoms with Crippen LogP contribution < -0.4 is 5.32 Å². The van der Waals surface area contributed by atoms with Crippen molar-refractivity contribution in [3.63, 3.8) is 0 Å². The van der Waals surface area contributed by atoms with E-state index in [4.69, 9.17) is 52.1 Å². The summed E-state index contributed by atoms with van der Waals surface area (Å²) in [5.74, 6) is -0.760. The minimum absolute atomic E-state index is 0.760. The first-order chi connectivity index (χ1) is 33.1. The minimum atomic E-state index is -2.28. The normalized spacial score (nSPS) is 51.5. The van der Waals surface area contributed by atoms with E-state index in [0.29, 0.717) is 0 Å². The van der Waals surface area contributed by atoms with Gasteiger partial charge in [-0.25, -0.2) is 0 Å². The smallest absolute Gasteiger partial charge is 0.217 e. The maximum absolute atomic E-state index is 12.0. The van der Waals surface area contributed by atoms with Crippen molar-refractivity contribution in [3.8, 4) is 0 Å². The summed E-state index contributed by atoms with van der Waals surface area (Å²) >= 11 is 0. The molecule has 70 heavy (non-hydrogen) atoms. The van der Waals surface area contributed by atoms with Crippen molar-refractivity contribution in [2.24, 2.45) is 0 Å². The molecule has 0 saturated carbocycles. The van der Waals surface area contributed by atoms with Gasteiger partial charge in [-0.15, -0.1) is 0 Å². The fourth-order valence-corrected chi connectivity index (χ4v) is 8.69. The number of rotatable bonds is 17. The summed E-state index contributed by atoms with van der Waals surface area (Å²) in [7, 11) is 0. The fourth-order valence-electron chi connectivity index (χ4n) is 8.69. The van der Waals surface area contributed by atoms with Crippen molar-refractivity contribution < 1.29 is 154 Å². The molecule has 6 rings (SSSR count). The van der Waals surface area contributed by atoms with Crippen molar-refractivity contribution >= 4 is 5.91 Å². The molecule has 6 aliphatic rings. The van der Waals surface area contributed by atoms with Crippen LogP contribution in [0, 0.1) is 0 Å². The summed E-state index contributed by atoms with van der Waals surface area (Å²) in [5.41, 5.74) is 0. The van der Waals surface area contributed by atoms with Crippen molar-refractivity contribution in [1.29, 1.82) is 0 Å². The van der Waals surface area contributed by atoms with Gasteiger partial charge < -0.3 is 154 Å². The number of ether oxygens (including phenoxy) is 11. The molecule has 12 unspecified atom stereocenters. The second kappa shape index (κ2) is 24.7. The number of hydrogen-bond donors (Lipinski definition) is 20. The molecule has 32 nitrogen and oxygen atoms in total. The predicted octanol–water partition coefficient (Wildman–Crippen LogP) is -14.0. The number of aliphatic hydroxyl groups excluding tert-OH is 19. The van der Waals surface area contributed by atoms with E-state index in [9.17, 15) is 102 Å². The van der Waals surface area contributed by atoms with E-state index in [1.807, 2.05) is 0 Å². The highest BCUT2D eigenvalue weighted by Crippen LogP contribution is 2.36. The largest absolute Gasteiger partial charge is 0.394 e. The number of aliphatic hydroxyl groups is 19. The average Bonchev–Trinajstić information content (AvgIpc) is 3.33. The highest BCUT2D eigenvalue weighted by atomic mass is 16.8. The SMILES string of the molecule is CC(=O)N[C@H]1C(O)[C@H](O[C@@H]2OC(CO[C@H]3OC(CO[C@H]4OC(CO)[C@@H](O)C(O)[C@H]4O)[C@@H](O)C(O)[C@H]3O)[C@@H](O)C(O[C@H]3O[C@@H](CO)[C@@H](O)C(O)C3O[C@H]3O[C@@H](CO)[C@@H](O)C(O)C3O)[C@H]2O)C(CO)O[C@H]1O. The summed E-state index contributed by atoms with van der Waals surface area (Å²) in [6.45, 7) is -4.40. The third-order valence-electron chi connectivity index (χ3n) is 12.8. The van der Waals surface area contributed by atoms with E-state index >= 15 is 0 Å². The van der Waals surface area contributed by atoms with Gasteiger partial charge in [0, 0.05) is 6.92 Å². The van der Waals surface area contributed by atoms with E-state index < -0.39 is 230 Å². The number of amides is 1. The van der Waals surface area contributed by atoms with Crippen LogP contribution in [0.5, 0.6) is 0 Å². The Balaban J connectivity index is 1.26. The minimum Gasteiger partial charge on any atom is -0.394 e. The lowest BCUT2D eigenvalue weighted by Crippen LogP contribution is -2.69. The molecule has 6 heterocycles. The zero-order chi connectivity index (χ0) is 51.6. The molecule has 408 valence electrons. The van der Waals surface area contributed by atoms with Gasteiger partial charge in [-0.2, -0.15) is 0 Å². The van der Waals surface area contributed by atoms with Crippen LogP contribution >= 0.6 is 0 Å². The number of hydrogen-bond acceptors (Lipinski definition) is 31. The van der Waals surface area contributed by atoms with Crippen molar-refractivity contribution in [2.75, 3.05) is 39.6 Å². The quantitative estimate of drug-likeness (QED) is 0.0643. The molecule has 6 aliphatic heterocycles. The molecule has 20 N–H and O–H groups in total. The van der Waals surface area contributed by atoms with Crippen LogP contribution in [0.25, 0.3) is 0 Å². The highest BCUT2D eigenvalue weighted by molar-refractivity contribution is 5.73. The summed E-state index contributed by atoms with van der Waals surface area (Å²) in [5, 5.41) is 204. The summed E-state index contributed by atoms with van der Waals surface area (Å²) in [4.78, 5) is 12.0. The molecule has 0 aromatic carbocycles. The second-order valence-electron chi connectivity index (χ2n) is 17.6. The summed E-state index contributed by atoms with van der Waals surface area (Å²) in [6, 6.07) is -1.62. The van der Waals surface area contributed by atoms with Crippen LogP contribution in [0.15, 0.2) is 0 Å². The second-order valence-corrected chi connectivity index (χ2v) is 17.6. The molecule has 0 spiro atoms. The third kappa shape index (κ3) is 12.2. The monoisotopic (exact) mass is 1030 g/mol. The Kier molecular flexibility index (Phi) is 20.3. The lowest BCUT2D eigenvalue weighted by atomic mass is 9.95. The topological polar surface area (TPSA) is 515 Å². The molecule has 32 heteroatoms. The maximum Gasteiger partial charge on any atom is 0.217 e. The summed E-state index contributed by atoms with van der Waals surface area (Å²) in [6.07, 6.45) is -55.8. The fraction of sp³-hybridized carbons (Fsp3) is 0.974. The first kappa shape index (κ1) is 57.5. The zero-order valence-corrected chi connectivity index (χ0v) is 37.0. The van der Waals surface area contributed by atoms with Gasteiger partial charge in [0.2, 0.25) is 5.91 Å². The van der Waals surface area contributed by atoms with E-state index in [0.717, 1.165) is 6.92 Å². The molecule has 0 radical (unpaired) electrons. The first-order valence-corrected chi connectivity index (χ1v) is 22.1. The van der Waals surface area contributed by atoms with Gasteiger partial charge >= 0.3 is 0 Å². The van der Waals surface area contributed by atoms with Crippen LogP contribution in [0.2, 0.25) is 0 Å². The van der Waals surface area contributed by atoms with Crippen LogP contribution in [-0.2, 0) is 56.9 Å². The van der Waals surface area contributed by atoms with Crippen molar-refractivity contribution in [3.05, 3.63) is 0 Å². The van der Waals surface area contributed by atoms with Gasteiger partial charge in [0.05, 0.1) is 39.6 Å². The molecular weight excluding hydrogens is 966 g/mol. The summed E-state index contributed by atoms with van der Waals surface area (Å²) < 4.78 is 61.8. The average molecular weight is 1030 g/mol. The molecule has 30 atom stereocenters. The van der Waals surface area contributed by atoms with Crippen molar-refractivity contribution in [1.82, 2.24) is 5.32 Å². The van der Waals surface area contributed by atoms with Crippen LogP contribution in [-0.4, -0.2) is 327 Å². The van der Waals surface area contributed by atoms with E-state index in [-0.39, 0.29) is 0 Å². The Morgan fingerprint density at radius 3 is 1.24 bits per heavy atom. The Labute approximate surface area is 395 Å². The predicted molar refractivity (Wildman–Crippen MR) is 211 cm³/mol. The number of carbonyl (C=O) groups is 1. The number of carbonyl (C=O) groups excluding carboxylic acids is 1. The Morgan fingerprint density at radius 2 is 0.743 bits per heavy atom. The van der Waals surface area contributed by atoms with E-state index in [2.05, 4.69) is 5.32 Å². The highest BCUT2D eigenvalue weighted by Gasteiger charge is 2.57. The molecule has 1 amide bonds. The molecular formula is C38H65NO31. The van der Waals surface area contributed by atoms with Crippen LogP contribution in [0.1, 0.15) is 6.92 Å². The van der Waals surface area contributed by atoms with Gasteiger partial charge in [-0.05, 0) is 0 Å². The molecule has 0 bridgehead atoms. The van der Waals surface area contributed by atoms with E-state index in [1.54, 1.807) is 0 Å². The molecule has 6 fully saturated rings. The van der Waals surface area contributed by atoms with Gasteiger partial charge in [-0.3, -0.25) is 4.79 Å². The Hall–Kier alpha value is -1.73. The van der Waals surface area contributed by atoms with Gasteiger partial charge in [0.1, 0.15) is 146 Å². The first-order valence-electron chi connectivity index (χ1n) is 22.1. The lowest BCUT2D eigenvalue weighted by molar-refractivity contribution is -0.396. The lowest BCUT2D eigenvalue weighted by Gasteiger charge is -2.50. The van der Waals surface area contributed by atoms with Crippen LogP contribution in [0.3, 0.4) is 0 Å². The molecule has 6 saturated heterocycles. The number of nitrogens with one attached hydrogen (secondary N) is 1. The molecule has 0 aliphatic carbocycles. The Morgan fingerprint density at radius 1 is 0.371 bits per heavy atom. The maximum atomic E-state index is 12.0. The van der Waals surface area contributed by atoms with Gasteiger partial charge in [-0.1, -0.05) is 0 Å². The van der Waals surface area contributed by atoms with Crippen LogP contribution in [0.4, 0.5) is 0 Å². The van der Waals surface area contributed by atoms with E-state index in [1.165, 1.54) is 0 Å². The molecule has 0 aromatic heterocycles. The molecule has 0 aromatic rings. The zero-order valence-electron chi connectivity index (χ0n) is 37.0. The Bertz CT molecular complexity index is 1630. The van der Waals surface area contributed by atoms with Gasteiger partial charge in [0.15, 0.2) is 37.7 Å². The van der Waals surface area contributed by atoms with Gasteiger partial charge in [0.25, 0.3) is 0 Å². The standard InChI is InChI=1S/C38H65NO31/c1-8(44)39-15-21(50)30(12(5-43)62-33(15)59)68-37-29(58)31(69-38-32(25(54)18(47)11(4-42)65-38)70-36-28(57)23(52)17(46)10(3-41)64-36)20(49)14(67-37)7-61-35-27(56)24(53)19(48)13(66-35)6-60-34-26(55)22(51)16(45)9(2-40)63-34/h9-38,40-43,45-59H,2-7H2,1H3,(H,39,44)/t9?,10-,11-,12?,13?,14?,15-,16+,17+,18+,19+,20+,21?,22?,23?,24?,25?,26+,27+,28?,29+,30+,31?,32?,33+,34-,35-,36+,37-,38+/m0/s1. The van der Waals surface area contributed by atoms with Crippen molar-refractivity contribution in [2.45, 2.75) is 191 Å².